The van der Waals surface area contributed by atoms with Crippen molar-refractivity contribution in [1.82, 2.24) is 14.3 Å². The fourth-order valence-electron chi connectivity index (χ4n) is 4.45. The number of anilines is 1. The van der Waals surface area contributed by atoms with E-state index in [0.29, 0.717) is 35.4 Å². The van der Waals surface area contributed by atoms with Crippen molar-refractivity contribution < 1.29 is 13.2 Å². The van der Waals surface area contributed by atoms with Crippen molar-refractivity contribution in [3.63, 3.8) is 0 Å². The first-order valence-electron chi connectivity index (χ1n) is 11.7. The lowest BCUT2D eigenvalue weighted by Gasteiger charge is -2.33. The Hall–Kier alpha value is -2.37. The van der Waals surface area contributed by atoms with E-state index in [2.05, 4.69) is 18.0 Å². The summed E-state index contributed by atoms with van der Waals surface area (Å²) in [4.78, 5) is 24.8. The van der Waals surface area contributed by atoms with Crippen LogP contribution in [-0.4, -0.2) is 41.7 Å². The van der Waals surface area contributed by atoms with Crippen LogP contribution in [-0.2, 0) is 27.8 Å². The molecule has 11 heteroatoms. The lowest BCUT2D eigenvalue weighted by molar-refractivity contribution is -0.123. The third kappa shape index (κ3) is 5.05. The van der Waals surface area contributed by atoms with Crippen LogP contribution in [0.15, 0.2) is 59.1 Å². The topological polar surface area (TPSA) is 83.5 Å². The van der Waals surface area contributed by atoms with Gasteiger partial charge in [0.2, 0.25) is 5.91 Å². The van der Waals surface area contributed by atoms with Crippen molar-refractivity contribution in [2.45, 2.75) is 36.9 Å². The van der Waals surface area contributed by atoms with E-state index in [4.69, 9.17) is 16.6 Å². The molecule has 1 aromatic carbocycles. The molecule has 188 valence electrons. The van der Waals surface area contributed by atoms with Crippen LogP contribution < -0.4 is 4.90 Å². The fraction of sp³-hybridized carbons (Fsp3) is 0.320. The highest BCUT2D eigenvalue weighted by Crippen LogP contribution is 2.35. The van der Waals surface area contributed by atoms with Crippen molar-refractivity contribution in [1.29, 1.82) is 0 Å². The SMILES string of the molecule is CCc1cccc2sc(N(Cc3cccnc3)C(=O)C3CCCN(S(=O)(=O)c4ccc(Cl)s4)C3)nc12. The molecule has 1 aliphatic heterocycles. The van der Waals surface area contributed by atoms with Crippen LogP contribution in [0.25, 0.3) is 10.2 Å². The van der Waals surface area contributed by atoms with Gasteiger partial charge in [0.05, 0.1) is 27.0 Å². The monoisotopic (exact) mass is 560 g/mol. The molecule has 7 nitrogen and oxygen atoms in total. The maximum atomic E-state index is 14.0. The number of carbonyl (C=O) groups is 1. The number of hydrogen-bond acceptors (Lipinski definition) is 7. The van der Waals surface area contributed by atoms with Crippen LogP contribution in [0.4, 0.5) is 5.13 Å². The van der Waals surface area contributed by atoms with Gasteiger partial charge in [-0.15, -0.1) is 11.3 Å². The molecule has 0 bridgehead atoms. The van der Waals surface area contributed by atoms with E-state index in [-0.39, 0.29) is 16.7 Å². The highest BCUT2D eigenvalue weighted by Gasteiger charge is 2.37. The summed E-state index contributed by atoms with van der Waals surface area (Å²) >= 11 is 8.50. The Bertz CT molecular complexity index is 1490. The molecule has 36 heavy (non-hydrogen) atoms. The zero-order chi connectivity index (χ0) is 25.3. The lowest BCUT2D eigenvalue weighted by atomic mass is 9.98. The first kappa shape index (κ1) is 25.3. The number of nitrogens with zero attached hydrogens (tertiary/aromatic N) is 4. The number of sulfonamides is 1. The van der Waals surface area contributed by atoms with Gasteiger partial charge in [-0.1, -0.05) is 48.1 Å². The van der Waals surface area contributed by atoms with E-state index >= 15 is 0 Å². The van der Waals surface area contributed by atoms with Gasteiger partial charge < -0.3 is 0 Å². The molecule has 1 atom stereocenters. The van der Waals surface area contributed by atoms with Gasteiger partial charge in [0.25, 0.3) is 10.0 Å². The number of para-hydroxylation sites is 1. The average Bonchev–Trinajstić information content (AvgIpc) is 3.54. The zero-order valence-corrected chi connectivity index (χ0v) is 22.8. The number of carbonyl (C=O) groups excluding carboxylic acids is 1. The Balaban J connectivity index is 1.47. The largest absolute Gasteiger partial charge is 0.283 e. The predicted octanol–water partition coefficient (Wildman–Crippen LogP) is 5.60. The molecule has 4 aromatic rings. The van der Waals surface area contributed by atoms with Gasteiger partial charge in [-0.3, -0.25) is 14.7 Å². The molecule has 0 spiro atoms. The minimum absolute atomic E-state index is 0.125. The number of hydrogen-bond donors (Lipinski definition) is 0. The smallest absolute Gasteiger partial charge is 0.252 e. The molecule has 0 N–H and O–H groups in total. The van der Waals surface area contributed by atoms with Gasteiger partial charge in [0, 0.05) is 25.5 Å². The number of thiophene rings is 1. The molecular weight excluding hydrogens is 536 g/mol. The molecule has 1 aliphatic rings. The van der Waals surface area contributed by atoms with Crippen LogP contribution in [0, 0.1) is 5.92 Å². The summed E-state index contributed by atoms with van der Waals surface area (Å²) in [6, 6.07) is 13.0. The number of benzene rings is 1. The maximum Gasteiger partial charge on any atom is 0.252 e. The van der Waals surface area contributed by atoms with Crippen molar-refractivity contribution in [2.75, 3.05) is 18.0 Å². The summed E-state index contributed by atoms with van der Waals surface area (Å²) < 4.78 is 29.5. The van der Waals surface area contributed by atoms with Gasteiger partial charge >= 0.3 is 0 Å². The summed E-state index contributed by atoms with van der Waals surface area (Å²) in [6.07, 6.45) is 5.50. The zero-order valence-electron chi connectivity index (χ0n) is 19.6. The minimum atomic E-state index is -3.71. The van der Waals surface area contributed by atoms with E-state index in [9.17, 15) is 13.2 Å². The Morgan fingerprint density at radius 2 is 2.06 bits per heavy atom. The van der Waals surface area contributed by atoms with Gasteiger partial charge in [-0.25, -0.2) is 13.4 Å². The molecule has 0 radical (unpaired) electrons. The lowest BCUT2D eigenvalue weighted by Crippen LogP contribution is -2.46. The Morgan fingerprint density at radius 1 is 1.19 bits per heavy atom. The molecule has 4 heterocycles. The third-order valence-electron chi connectivity index (χ3n) is 6.31. The Kier molecular flexibility index (Phi) is 7.41. The first-order chi connectivity index (χ1) is 17.4. The van der Waals surface area contributed by atoms with Crippen LogP contribution in [0.5, 0.6) is 0 Å². The highest BCUT2D eigenvalue weighted by atomic mass is 35.5. The molecule has 0 saturated carbocycles. The van der Waals surface area contributed by atoms with Crippen LogP contribution in [0.1, 0.15) is 30.9 Å². The van der Waals surface area contributed by atoms with Crippen molar-refractivity contribution >= 4 is 65.6 Å². The summed E-state index contributed by atoms with van der Waals surface area (Å²) in [6.45, 7) is 2.92. The summed E-state index contributed by atoms with van der Waals surface area (Å²) in [5.41, 5.74) is 2.93. The van der Waals surface area contributed by atoms with E-state index < -0.39 is 15.9 Å². The molecule has 3 aromatic heterocycles. The van der Waals surface area contributed by atoms with Gasteiger partial charge in [-0.05, 0) is 54.7 Å². The highest BCUT2D eigenvalue weighted by molar-refractivity contribution is 7.91. The van der Waals surface area contributed by atoms with Crippen molar-refractivity contribution in [2.24, 2.45) is 5.92 Å². The predicted molar refractivity (Wildman–Crippen MR) is 145 cm³/mol. The molecule has 0 aliphatic carbocycles. The number of fused-ring (bicyclic) bond motifs is 1. The number of amides is 1. The normalized spacial score (nSPS) is 16.9. The second-order valence-corrected chi connectivity index (χ2v) is 13.5. The molecular formula is C25H25ClN4O3S3. The maximum absolute atomic E-state index is 14.0. The summed E-state index contributed by atoms with van der Waals surface area (Å²) in [5, 5.41) is 0.616. The number of halogens is 1. The molecule has 5 rings (SSSR count). The van der Waals surface area contributed by atoms with Crippen molar-refractivity contribution in [3.8, 4) is 0 Å². The molecule has 1 fully saturated rings. The molecule has 1 saturated heterocycles. The van der Waals surface area contributed by atoms with Crippen LogP contribution >= 0.6 is 34.3 Å². The number of thiazole rings is 1. The number of aryl methyl sites for hydroxylation is 1. The first-order valence-corrected chi connectivity index (χ1v) is 15.2. The standard InChI is InChI=1S/C25H25ClN4O3S3/c1-2-18-7-3-9-20-23(18)28-25(34-20)30(15-17-6-4-12-27-14-17)24(31)19-8-5-13-29(16-19)36(32,33)22-11-10-21(26)35-22/h3-4,6-7,9-12,14,19H,2,5,8,13,15-16H2,1H3. The third-order valence-corrected chi connectivity index (χ3v) is 10.9. The number of piperidine rings is 1. The van der Waals surface area contributed by atoms with Gasteiger partial charge in [-0.2, -0.15) is 4.31 Å². The van der Waals surface area contributed by atoms with Crippen LogP contribution in [0.3, 0.4) is 0 Å². The van der Waals surface area contributed by atoms with E-state index in [1.807, 2.05) is 24.3 Å². The number of pyridine rings is 1. The average molecular weight is 561 g/mol. The summed E-state index contributed by atoms with van der Waals surface area (Å²) in [5.74, 6) is -0.599. The Labute approximate surface area is 223 Å². The van der Waals surface area contributed by atoms with Crippen molar-refractivity contribution in [3.05, 3.63) is 70.3 Å². The summed E-state index contributed by atoms with van der Waals surface area (Å²) in [7, 11) is -3.71. The van der Waals surface area contributed by atoms with E-state index in [0.717, 1.165) is 39.1 Å². The fourth-order valence-corrected chi connectivity index (χ4v) is 8.63. The molecule has 1 unspecified atom stereocenters. The quantitative estimate of drug-likeness (QED) is 0.294. The van der Waals surface area contributed by atoms with E-state index in [1.165, 1.54) is 21.7 Å². The number of aromatic nitrogens is 2. The van der Waals surface area contributed by atoms with Gasteiger partial charge in [0.15, 0.2) is 5.13 Å². The van der Waals surface area contributed by atoms with E-state index in [1.54, 1.807) is 23.4 Å². The number of rotatable bonds is 7. The van der Waals surface area contributed by atoms with Gasteiger partial charge in [0.1, 0.15) is 4.21 Å². The minimum Gasteiger partial charge on any atom is -0.283 e. The van der Waals surface area contributed by atoms with Crippen LogP contribution in [0.2, 0.25) is 4.34 Å². The second-order valence-electron chi connectivity index (χ2n) is 8.66. The second kappa shape index (κ2) is 10.5. The molecule has 1 amide bonds. The Morgan fingerprint density at radius 3 is 2.78 bits per heavy atom.